The largest absolute Gasteiger partial charge is 0.487 e. The summed E-state index contributed by atoms with van der Waals surface area (Å²) in [7, 11) is 0. The van der Waals surface area contributed by atoms with Crippen LogP contribution >= 0.6 is 0 Å². The number of nitrogens with two attached hydrogens (primary N) is 1. The molecule has 0 radical (unpaired) electrons. The molecular formula is C18H19N3O3. The summed E-state index contributed by atoms with van der Waals surface area (Å²) in [5.74, 6) is -0.358. The van der Waals surface area contributed by atoms with Gasteiger partial charge in [0, 0.05) is 18.2 Å². The fourth-order valence-corrected chi connectivity index (χ4v) is 2.95. The summed E-state index contributed by atoms with van der Waals surface area (Å²) in [6.07, 6.45) is 2.05. The first kappa shape index (κ1) is 16.0. The molecule has 3 rings (SSSR count). The summed E-state index contributed by atoms with van der Waals surface area (Å²) >= 11 is 0. The van der Waals surface area contributed by atoms with Gasteiger partial charge in [-0.1, -0.05) is 18.2 Å². The zero-order valence-electron chi connectivity index (χ0n) is 13.6. The van der Waals surface area contributed by atoms with Crippen LogP contribution in [0, 0.1) is 0 Å². The van der Waals surface area contributed by atoms with E-state index in [0.717, 1.165) is 11.3 Å². The zero-order chi connectivity index (χ0) is 17.3. The van der Waals surface area contributed by atoms with Crippen LogP contribution in [0.3, 0.4) is 0 Å². The number of carbonyl (C=O) groups excluding carboxylic acids is 2. The Morgan fingerprint density at radius 1 is 1.25 bits per heavy atom. The summed E-state index contributed by atoms with van der Waals surface area (Å²) in [6, 6.07) is 10.5. The number of benzene rings is 1. The summed E-state index contributed by atoms with van der Waals surface area (Å²) in [5, 5.41) is 2.98. The Kier molecular flexibility index (Phi) is 3.97. The summed E-state index contributed by atoms with van der Waals surface area (Å²) in [4.78, 5) is 28.0. The van der Waals surface area contributed by atoms with Gasteiger partial charge < -0.3 is 15.8 Å². The van der Waals surface area contributed by atoms with E-state index in [4.69, 9.17) is 10.5 Å². The number of hydrogen-bond acceptors (Lipinski definition) is 4. The van der Waals surface area contributed by atoms with E-state index in [2.05, 4.69) is 10.3 Å². The minimum atomic E-state index is -0.728. The smallest absolute Gasteiger partial charge is 0.268 e. The third-order valence-electron chi connectivity index (χ3n) is 3.97. The quantitative estimate of drug-likeness (QED) is 0.904. The molecule has 1 atom stereocenters. The number of para-hydroxylation sites is 1. The highest BCUT2D eigenvalue weighted by Gasteiger charge is 2.34. The van der Waals surface area contributed by atoms with E-state index in [1.165, 1.54) is 6.20 Å². The van der Waals surface area contributed by atoms with E-state index in [0.29, 0.717) is 6.42 Å². The number of aromatic nitrogens is 1. The van der Waals surface area contributed by atoms with Crippen molar-refractivity contribution in [1.29, 1.82) is 0 Å². The highest BCUT2D eigenvalue weighted by atomic mass is 16.5. The molecule has 6 nitrogen and oxygen atoms in total. The lowest BCUT2D eigenvalue weighted by molar-refractivity contribution is 0.0618. The molecule has 0 bridgehead atoms. The highest BCUT2D eigenvalue weighted by Crippen LogP contribution is 2.39. The second kappa shape index (κ2) is 5.96. The lowest BCUT2D eigenvalue weighted by Crippen LogP contribution is -2.41. The monoisotopic (exact) mass is 325 g/mol. The fourth-order valence-electron chi connectivity index (χ4n) is 2.95. The Balaban J connectivity index is 1.91. The van der Waals surface area contributed by atoms with E-state index in [1.54, 1.807) is 12.1 Å². The molecule has 1 aromatic carbocycles. The van der Waals surface area contributed by atoms with Crippen molar-refractivity contribution in [3.8, 4) is 5.75 Å². The zero-order valence-corrected chi connectivity index (χ0v) is 13.6. The van der Waals surface area contributed by atoms with Crippen LogP contribution in [0.1, 0.15) is 52.7 Å². The molecular weight excluding hydrogens is 306 g/mol. The van der Waals surface area contributed by atoms with Gasteiger partial charge >= 0.3 is 0 Å². The number of rotatable bonds is 3. The Labute approximate surface area is 140 Å². The first-order chi connectivity index (χ1) is 11.4. The molecule has 124 valence electrons. The molecule has 1 aromatic heterocycles. The van der Waals surface area contributed by atoms with Crippen LogP contribution in [0.15, 0.2) is 42.6 Å². The van der Waals surface area contributed by atoms with Gasteiger partial charge in [-0.15, -0.1) is 0 Å². The molecule has 1 aliphatic heterocycles. The number of hydrogen-bond donors (Lipinski definition) is 2. The van der Waals surface area contributed by atoms with Crippen LogP contribution in [-0.4, -0.2) is 22.4 Å². The van der Waals surface area contributed by atoms with Crippen molar-refractivity contribution in [2.75, 3.05) is 0 Å². The fraction of sp³-hybridized carbons (Fsp3) is 0.278. The van der Waals surface area contributed by atoms with Crippen molar-refractivity contribution < 1.29 is 14.3 Å². The van der Waals surface area contributed by atoms with E-state index in [9.17, 15) is 9.59 Å². The van der Waals surface area contributed by atoms with E-state index >= 15 is 0 Å². The van der Waals surface area contributed by atoms with Crippen LogP contribution < -0.4 is 15.8 Å². The normalized spacial score (nSPS) is 18.2. The number of fused-ring (bicyclic) bond motifs is 1. The van der Waals surface area contributed by atoms with Gasteiger partial charge in [0.05, 0.1) is 11.6 Å². The third kappa shape index (κ3) is 3.08. The Hall–Kier alpha value is -2.89. The van der Waals surface area contributed by atoms with Gasteiger partial charge in [-0.05, 0) is 32.0 Å². The first-order valence-electron chi connectivity index (χ1n) is 7.71. The molecule has 0 aliphatic carbocycles. The molecule has 24 heavy (non-hydrogen) atoms. The molecule has 0 saturated carbocycles. The van der Waals surface area contributed by atoms with Crippen LogP contribution in [0.2, 0.25) is 0 Å². The van der Waals surface area contributed by atoms with Crippen molar-refractivity contribution in [3.05, 3.63) is 59.4 Å². The van der Waals surface area contributed by atoms with Gasteiger partial charge in [0.25, 0.3) is 11.8 Å². The summed E-state index contributed by atoms with van der Waals surface area (Å²) in [6.45, 7) is 3.95. The lowest BCUT2D eigenvalue weighted by Gasteiger charge is -2.37. The number of amides is 2. The van der Waals surface area contributed by atoms with Gasteiger partial charge in [-0.2, -0.15) is 0 Å². The summed E-state index contributed by atoms with van der Waals surface area (Å²) in [5.41, 5.74) is 5.95. The Bertz CT molecular complexity index is 802. The molecule has 6 heteroatoms. The predicted molar refractivity (Wildman–Crippen MR) is 88.7 cm³/mol. The van der Waals surface area contributed by atoms with Crippen LogP contribution in [-0.2, 0) is 0 Å². The number of nitrogens with one attached hydrogen (secondary N) is 1. The van der Waals surface area contributed by atoms with E-state index < -0.39 is 11.5 Å². The van der Waals surface area contributed by atoms with Gasteiger partial charge in [-0.3, -0.25) is 14.6 Å². The van der Waals surface area contributed by atoms with Crippen molar-refractivity contribution in [2.24, 2.45) is 5.73 Å². The topological polar surface area (TPSA) is 94.3 Å². The Morgan fingerprint density at radius 3 is 2.75 bits per heavy atom. The maximum atomic E-state index is 12.7. The van der Waals surface area contributed by atoms with Gasteiger partial charge in [0.15, 0.2) is 0 Å². The van der Waals surface area contributed by atoms with Crippen LogP contribution in [0.5, 0.6) is 5.75 Å². The van der Waals surface area contributed by atoms with E-state index in [1.807, 2.05) is 38.1 Å². The van der Waals surface area contributed by atoms with E-state index in [-0.39, 0.29) is 23.2 Å². The predicted octanol–water partition coefficient (Wildman–Crippen LogP) is 2.21. The maximum absolute atomic E-state index is 12.7. The highest BCUT2D eigenvalue weighted by molar-refractivity contribution is 6.05. The van der Waals surface area contributed by atoms with Crippen LogP contribution in [0.4, 0.5) is 0 Å². The third-order valence-corrected chi connectivity index (χ3v) is 3.97. The minimum absolute atomic E-state index is 0.0328. The molecule has 2 heterocycles. The maximum Gasteiger partial charge on any atom is 0.268 e. The van der Waals surface area contributed by atoms with Crippen molar-refractivity contribution >= 4 is 11.8 Å². The number of primary amides is 1. The van der Waals surface area contributed by atoms with Crippen LogP contribution in [0.25, 0.3) is 0 Å². The average Bonchev–Trinajstić information content (AvgIpc) is 2.53. The second-order valence-electron chi connectivity index (χ2n) is 6.39. The Morgan fingerprint density at radius 2 is 2.00 bits per heavy atom. The molecule has 0 fully saturated rings. The lowest BCUT2D eigenvalue weighted by atomic mass is 9.89. The number of carbonyl (C=O) groups is 2. The number of nitrogens with zero attached hydrogens (tertiary/aromatic N) is 1. The molecule has 1 unspecified atom stereocenters. The van der Waals surface area contributed by atoms with Gasteiger partial charge in [0.1, 0.15) is 17.0 Å². The standard InChI is InChI=1S/C18H19N3O3/c1-18(2)10-13(11-6-3-4-8-14(11)24-18)21-17(23)12-7-5-9-20-15(12)16(19)22/h3-9,13H,10H2,1-2H3,(H2,19,22)(H,21,23). The molecule has 3 N–H and O–H groups in total. The van der Waals surface area contributed by atoms with Crippen molar-refractivity contribution in [3.63, 3.8) is 0 Å². The summed E-state index contributed by atoms with van der Waals surface area (Å²) < 4.78 is 5.96. The number of pyridine rings is 1. The SMILES string of the molecule is CC1(C)CC(NC(=O)c2cccnc2C(N)=O)c2ccccc2O1. The van der Waals surface area contributed by atoms with Crippen molar-refractivity contribution in [1.82, 2.24) is 10.3 Å². The molecule has 1 aliphatic rings. The van der Waals surface area contributed by atoms with Crippen molar-refractivity contribution in [2.45, 2.75) is 31.9 Å². The van der Waals surface area contributed by atoms with Gasteiger partial charge in [0.2, 0.25) is 0 Å². The molecule has 0 spiro atoms. The minimum Gasteiger partial charge on any atom is -0.487 e. The molecule has 2 amide bonds. The van der Waals surface area contributed by atoms with Gasteiger partial charge in [-0.25, -0.2) is 0 Å². The number of ether oxygens (including phenoxy) is 1. The second-order valence-corrected chi connectivity index (χ2v) is 6.39. The first-order valence-corrected chi connectivity index (χ1v) is 7.71. The molecule has 0 saturated heterocycles. The average molecular weight is 325 g/mol. The molecule has 2 aromatic rings.